The zero-order valence-electron chi connectivity index (χ0n) is 19.5. The van der Waals surface area contributed by atoms with Crippen LogP contribution >= 0.6 is 0 Å². The van der Waals surface area contributed by atoms with Gasteiger partial charge in [-0.15, -0.1) is 0 Å². The highest BCUT2D eigenvalue weighted by Gasteiger charge is 2.15. The molecule has 1 amide bonds. The third-order valence-corrected chi connectivity index (χ3v) is 6.09. The molecule has 1 saturated heterocycles. The predicted molar refractivity (Wildman–Crippen MR) is 133 cm³/mol. The molecule has 0 radical (unpaired) electrons. The Balaban J connectivity index is 1.60. The fourth-order valence-electron chi connectivity index (χ4n) is 4.11. The van der Waals surface area contributed by atoms with Gasteiger partial charge in [-0.25, -0.2) is 9.97 Å². The number of aromatic nitrogens is 2. The van der Waals surface area contributed by atoms with Crippen LogP contribution < -0.4 is 15.4 Å². The maximum Gasteiger partial charge on any atom is 0.248 e. The minimum Gasteiger partial charge on any atom is -0.494 e. The van der Waals surface area contributed by atoms with Gasteiger partial charge in [0, 0.05) is 36.3 Å². The van der Waals surface area contributed by atoms with Gasteiger partial charge in [-0.05, 0) is 49.6 Å². The van der Waals surface area contributed by atoms with E-state index >= 15 is 0 Å². The Morgan fingerprint density at radius 3 is 2.70 bits per heavy atom. The van der Waals surface area contributed by atoms with Gasteiger partial charge in [-0.3, -0.25) is 4.79 Å². The summed E-state index contributed by atoms with van der Waals surface area (Å²) in [5, 5.41) is 7.20. The summed E-state index contributed by atoms with van der Waals surface area (Å²) in [4.78, 5) is 24.0. The highest BCUT2D eigenvalue weighted by Crippen LogP contribution is 2.33. The van der Waals surface area contributed by atoms with Gasteiger partial charge in [0.2, 0.25) is 5.91 Å². The van der Waals surface area contributed by atoms with E-state index in [2.05, 4.69) is 51.5 Å². The smallest absolute Gasteiger partial charge is 0.248 e. The molecule has 1 aliphatic rings. The number of anilines is 3. The van der Waals surface area contributed by atoms with Crippen molar-refractivity contribution in [3.8, 4) is 5.75 Å². The maximum atomic E-state index is 12.8. The van der Waals surface area contributed by atoms with Crippen LogP contribution in [-0.4, -0.2) is 47.5 Å². The first-order chi connectivity index (χ1) is 16.1. The monoisotopic (exact) mass is 445 g/mol. The summed E-state index contributed by atoms with van der Waals surface area (Å²) in [6.07, 6.45) is 6.07. The van der Waals surface area contributed by atoms with Crippen LogP contribution in [0.2, 0.25) is 0 Å². The lowest BCUT2D eigenvalue weighted by Gasteiger charge is -2.26. The third-order valence-electron chi connectivity index (χ3n) is 6.09. The molecule has 0 unspecified atom stereocenters. The molecule has 2 aromatic carbocycles. The Labute approximate surface area is 194 Å². The van der Waals surface area contributed by atoms with Crippen LogP contribution in [0.4, 0.5) is 17.2 Å². The third kappa shape index (κ3) is 5.49. The number of likely N-dealkylation sites (tertiary alicyclic amines) is 1. The van der Waals surface area contributed by atoms with Crippen molar-refractivity contribution in [1.29, 1.82) is 0 Å². The summed E-state index contributed by atoms with van der Waals surface area (Å²) in [6.45, 7) is 7.35. The summed E-state index contributed by atoms with van der Waals surface area (Å²) >= 11 is 0. The number of methoxy groups -OCH3 is 1. The molecule has 1 aromatic heterocycles. The van der Waals surface area contributed by atoms with Crippen molar-refractivity contribution in [1.82, 2.24) is 14.9 Å². The Hall–Kier alpha value is -3.45. The number of nitrogens with zero attached hydrogens (tertiary/aromatic N) is 3. The Morgan fingerprint density at radius 2 is 1.97 bits per heavy atom. The molecule has 2 heterocycles. The molecule has 1 aliphatic heterocycles. The number of nitrogens with one attached hydrogen (secondary N) is 2. The van der Waals surface area contributed by atoms with Gasteiger partial charge in [0.25, 0.3) is 0 Å². The molecule has 2 N–H and O–H groups in total. The number of carbonyl (C=O) groups excluding carboxylic acids is 1. The molecule has 1 fully saturated rings. The van der Waals surface area contributed by atoms with Crippen LogP contribution in [0.5, 0.6) is 5.75 Å². The van der Waals surface area contributed by atoms with E-state index in [0.29, 0.717) is 17.3 Å². The first-order valence-corrected chi connectivity index (χ1v) is 11.5. The number of rotatable bonds is 7. The van der Waals surface area contributed by atoms with Gasteiger partial charge >= 0.3 is 0 Å². The number of benzene rings is 2. The van der Waals surface area contributed by atoms with E-state index in [1.807, 2.05) is 24.3 Å². The van der Waals surface area contributed by atoms with Crippen molar-refractivity contribution in [3.05, 3.63) is 59.9 Å². The molecule has 3 aromatic rings. The maximum absolute atomic E-state index is 12.8. The second-order valence-corrected chi connectivity index (χ2v) is 8.20. The van der Waals surface area contributed by atoms with Crippen molar-refractivity contribution < 1.29 is 9.53 Å². The van der Waals surface area contributed by atoms with Crippen LogP contribution in [0, 0.1) is 0 Å². The average molecular weight is 446 g/mol. The lowest BCUT2D eigenvalue weighted by atomic mass is 10.0. The van der Waals surface area contributed by atoms with Crippen LogP contribution in [0.1, 0.15) is 32.3 Å². The number of ether oxygens (including phenoxy) is 1. The highest BCUT2D eigenvalue weighted by atomic mass is 16.5. The number of carbonyl (C=O) groups is 1. The number of hydrogen-bond donors (Lipinski definition) is 2. The quantitative estimate of drug-likeness (QED) is 0.502. The van der Waals surface area contributed by atoms with Crippen molar-refractivity contribution in [3.63, 3.8) is 0 Å². The molecule has 0 spiro atoms. The van der Waals surface area contributed by atoms with Crippen LogP contribution in [-0.2, 0) is 11.2 Å². The van der Waals surface area contributed by atoms with Crippen molar-refractivity contribution in [2.24, 2.45) is 0 Å². The van der Waals surface area contributed by atoms with Crippen LogP contribution in [0.3, 0.4) is 0 Å². The SMILES string of the molecule is CCc1cccc(Nc2ncnc3cc(OC)c(NC(=O)C=C4CCN(CC)CC4)cc23)c1. The van der Waals surface area contributed by atoms with E-state index < -0.39 is 0 Å². The molecule has 0 bridgehead atoms. The number of fused-ring (bicyclic) bond motifs is 1. The average Bonchev–Trinajstić information content (AvgIpc) is 2.84. The van der Waals surface area contributed by atoms with E-state index in [0.717, 1.165) is 55.5 Å². The summed E-state index contributed by atoms with van der Waals surface area (Å²) in [5.41, 5.74) is 4.71. The van der Waals surface area contributed by atoms with Gasteiger partial charge in [0.05, 0.1) is 18.3 Å². The lowest BCUT2D eigenvalue weighted by Crippen LogP contribution is -2.30. The van der Waals surface area contributed by atoms with Gasteiger partial charge < -0.3 is 20.3 Å². The summed E-state index contributed by atoms with van der Waals surface area (Å²) in [6, 6.07) is 11.9. The van der Waals surface area contributed by atoms with Gasteiger partial charge in [-0.2, -0.15) is 0 Å². The van der Waals surface area contributed by atoms with Crippen molar-refractivity contribution in [2.75, 3.05) is 37.4 Å². The first kappa shape index (κ1) is 22.7. The molecule has 0 aliphatic carbocycles. The standard InChI is InChI=1S/C26H31N5O2/c1-4-18-7-6-8-20(13-18)29-26-21-15-23(24(33-3)16-22(21)27-17-28-26)30-25(32)14-19-9-11-31(5-2)12-10-19/h6-8,13-17H,4-5,9-12H2,1-3H3,(H,30,32)(H,27,28,29). The Morgan fingerprint density at radius 1 is 1.15 bits per heavy atom. The fourth-order valence-corrected chi connectivity index (χ4v) is 4.11. The van der Waals surface area contributed by atoms with Crippen LogP contribution in [0.15, 0.2) is 54.4 Å². The first-order valence-electron chi connectivity index (χ1n) is 11.5. The molecule has 7 nitrogen and oxygen atoms in total. The van der Waals surface area contributed by atoms with E-state index in [1.54, 1.807) is 13.2 Å². The summed E-state index contributed by atoms with van der Waals surface area (Å²) in [5.74, 6) is 1.10. The largest absolute Gasteiger partial charge is 0.494 e. The predicted octanol–water partition coefficient (Wildman–Crippen LogP) is 4.93. The summed E-state index contributed by atoms with van der Waals surface area (Å²) in [7, 11) is 1.59. The zero-order valence-corrected chi connectivity index (χ0v) is 19.5. The normalized spacial score (nSPS) is 14.2. The molecule has 33 heavy (non-hydrogen) atoms. The van der Waals surface area contributed by atoms with E-state index in [-0.39, 0.29) is 5.91 Å². The molecular weight excluding hydrogens is 414 g/mol. The molecule has 7 heteroatoms. The summed E-state index contributed by atoms with van der Waals surface area (Å²) < 4.78 is 5.54. The van der Waals surface area contributed by atoms with E-state index in [4.69, 9.17) is 4.74 Å². The second-order valence-electron chi connectivity index (χ2n) is 8.20. The molecule has 4 rings (SSSR count). The van der Waals surface area contributed by atoms with Gasteiger partial charge in [0.1, 0.15) is 17.9 Å². The van der Waals surface area contributed by atoms with Crippen LogP contribution in [0.25, 0.3) is 10.9 Å². The molecular formula is C26H31N5O2. The second kappa shape index (κ2) is 10.4. The van der Waals surface area contributed by atoms with Crippen molar-refractivity contribution >= 4 is 34.0 Å². The Bertz CT molecular complexity index is 1160. The van der Waals surface area contributed by atoms with E-state index in [1.165, 1.54) is 17.5 Å². The molecule has 0 atom stereocenters. The van der Waals surface area contributed by atoms with Crippen molar-refractivity contribution in [2.45, 2.75) is 33.1 Å². The van der Waals surface area contributed by atoms with E-state index in [9.17, 15) is 4.79 Å². The number of hydrogen-bond acceptors (Lipinski definition) is 6. The molecule has 172 valence electrons. The zero-order chi connectivity index (χ0) is 23.2. The molecule has 0 saturated carbocycles. The number of amides is 1. The minimum absolute atomic E-state index is 0.144. The lowest BCUT2D eigenvalue weighted by molar-refractivity contribution is -0.112. The fraction of sp³-hybridized carbons (Fsp3) is 0.346. The minimum atomic E-state index is -0.144. The number of aryl methyl sites for hydroxylation is 1. The highest BCUT2D eigenvalue weighted by molar-refractivity contribution is 6.04. The number of piperidine rings is 1. The topological polar surface area (TPSA) is 79.4 Å². The van der Waals surface area contributed by atoms with Gasteiger partial charge in [-0.1, -0.05) is 31.6 Å². The van der Waals surface area contributed by atoms with Gasteiger partial charge in [0.15, 0.2) is 0 Å². The Kier molecular flexibility index (Phi) is 7.19.